The lowest BCUT2D eigenvalue weighted by atomic mass is 10.2. The summed E-state index contributed by atoms with van der Waals surface area (Å²) in [5, 5.41) is 5.68. The van der Waals surface area contributed by atoms with Crippen LogP contribution in [0.4, 0.5) is 17.1 Å². The Balaban J connectivity index is 1.72. The average molecular weight is 556 g/mol. The van der Waals surface area contributed by atoms with Gasteiger partial charge in [0.1, 0.15) is 0 Å². The fourth-order valence-electron chi connectivity index (χ4n) is 3.34. The minimum Gasteiger partial charge on any atom is -0.449 e. The third kappa shape index (κ3) is 7.21. The molecule has 3 aromatic carbocycles. The van der Waals surface area contributed by atoms with E-state index in [1.54, 1.807) is 48.5 Å². The number of hydrogen-bond donors (Lipinski definition) is 2. The quantitative estimate of drug-likeness (QED) is 0.272. The van der Waals surface area contributed by atoms with Gasteiger partial charge in [-0.15, -0.1) is 6.58 Å². The van der Waals surface area contributed by atoms with Crippen molar-refractivity contribution in [2.45, 2.75) is 24.8 Å². The Hall–Kier alpha value is -4.15. The highest BCUT2D eigenvalue weighted by atomic mass is 35.5. The fraction of sp³-hybridized carbons (Fsp3) is 0.148. The van der Waals surface area contributed by atoms with E-state index in [1.807, 2.05) is 0 Å². The minimum absolute atomic E-state index is 0.0123. The third-order valence-corrected chi connectivity index (χ3v) is 7.23. The summed E-state index contributed by atoms with van der Waals surface area (Å²) in [6.07, 6.45) is 0.266. The lowest BCUT2D eigenvalue weighted by Gasteiger charge is -2.23. The van der Waals surface area contributed by atoms with E-state index in [0.717, 1.165) is 4.31 Å². The number of halogens is 1. The second-order valence-corrected chi connectivity index (χ2v) is 10.4. The van der Waals surface area contributed by atoms with E-state index in [0.29, 0.717) is 22.1 Å². The van der Waals surface area contributed by atoms with Crippen molar-refractivity contribution in [1.82, 2.24) is 0 Å². The Labute approximate surface area is 226 Å². The number of nitrogens with zero attached hydrogens (tertiary/aromatic N) is 1. The van der Waals surface area contributed by atoms with Crippen molar-refractivity contribution in [3.05, 3.63) is 96.0 Å². The summed E-state index contributed by atoms with van der Waals surface area (Å²) in [6, 6.07) is 18.0. The Kier molecular flexibility index (Phi) is 9.27. The van der Waals surface area contributed by atoms with Crippen molar-refractivity contribution in [3.63, 3.8) is 0 Å². The van der Waals surface area contributed by atoms with Crippen molar-refractivity contribution in [1.29, 1.82) is 0 Å². The second kappa shape index (κ2) is 12.4. The van der Waals surface area contributed by atoms with Crippen LogP contribution in [0.15, 0.2) is 90.3 Å². The molecule has 0 fully saturated rings. The maximum Gasteiger partial charge on any atom is 0.338 e. The van der Waals surface area contributed by atoms with Crippen LogP contribution in [0.25, 0.3) is 0 Å². The zero-order valence-corrected chi connectivity index (χ0v) is 22.3. The molecule has 0 aliphatic rings. The lowest BCUT2D eigenvalue weighted by Crippen LogP contribution is -2.31. The highest BCUT2D eigenvalue weighted by Crippen LogP contribution is 2.26. The van der Waals surface area contributed by atoms with E-state index in [2.05, 4.69) is 17.2 Å². The first kappa shape index (κ1) is 28.4. The summed E-state index contributed by atoms with van der Waals surface area (Å²) in [6.45, 7) is 6.40. The van der Waals surface area contributed by atoms with Gasteiger partial charge in [-0.2, -0.15) is 0 Å². The van der Waals surface area contributed by atoms with Crippen LogP contribution in [0, 0.1) is 0 Å². The van der Waals surface area contributed by atoms with E-state index in [-0.39, 0.29) is 22.9 Å². The first-order valence-corrected chi connectivity index (χ1v) is 13.2. The first-order valence-electron chi connectivity index (χ1n) is 11.4. The molecule has 1 atom stereocenters. The molecule has 3 rings (SSSR count). The van der Waals surface area contributed by atoms with Crippen LogP contribution in [0.2, 0.25) is 5.02 Å². The molecule has 2 amide bonds. The van der Waals surface area contributed by atoms with Gasteiger partial charge in [0.15, 0.2) is 6.10 Å². The van der Waals surface area contributed by atoms with Gasteiger partial charge in [0.2, 0.25) is 5.91 Å². The number of amides is 2. The SMILES string of the molecule is C=CCN(c1ccc(Cl)cc1)S(=O)(=O)c1cccc(C(=O)OC(C)C(=O)Nc2ccc(NC(C)=O)cc2)c1. The van der Waals surface area contributed by atoms with Crippen LogP contribution in [-0.2, 0) is 24.3 Å². The van der Waals surface area contributed by atoms with Gasteiger partial charge < -0.3 is 15.4 Å². The van der Waals surface area contributed by atoms with Crippen LogP contribution < -0.4 is 14.9 Å². The van der Waals surface area contributed by atoms with Crippen molar-refractivity contribution in [2.24, 2.45) is 0 Å². The van der Waals surface area contributed by atoms with Crippen LogP contribution in [0.1, 0.15) is 24.2 Å². The standard InChI is InChI=1S/C27H26ClN3O6S/c1-4-16-31(24-14-8-21(28)9-15-24)38(35,36)25-7-5-6-20(17-25)27(34)37-18(2)26(33)30-23-12-10-22(11-13-23)29-19(3)32/h4-15,17-18H,1,16H2,2-3H3,(H,29,32)(H,30,33). The molecule has 0 aromatic heterocycles. The maximum atomic E-state index is 13.4. The zero-order valence-electron chi connectivity index (χ0n) is 20.7. The number of anilines is 3. The molecule has 0 heterocycles. The van der Waals surface area contributed by atoms with Crippen molar-refractivity contribution >= 4 is 56.5 Å². The number of sulfonamides is 1. The summed E-state index contributed by atoms with van der Waals surface area (Å²) >= 11 is 5.93. The number of hydrogen-bond acceptors (Lipinski definition) is 6. The molecule has 3 aromatic rings. The van der Waals surface area contributed by atoms with Gasteiger partial charge in [0.05, 0.1) is 22.7 Å². The predicted molar refractivity (Wildman–Crippen MR) is 147 cm³/mol. The monoisotopic (exact) mass is 555 g/mol. The van der Waals surface area contributed by atoms with Gasteiger partial charge in [-0.3, -0.25) is 13.9 Å². The topological polar surface area (TPSA) is 122 Å². The van der Waals surface area contributed by atoms with E-state index in [4.69, 9.17) is 16.3 Å². The Morgan fingerprint density at radius 2 is 1.61 bits per heavy atom. The summed E-state index contributed by atoms with van der Waals surface area (Å²) in [7, 11) is -4.08. The van der Waals surface area contributed by atoms with Crippen molar-refractivity contribution in [2.75, 3.05) is 21.5 Å². The molecule has 0 saturated carbocycles. The van der Waals surface area contributed by atoms with Crippen LogP contribution in [-0.4, -0.2) is 38.9 Å². The number of benzene rings is 3. The molecule has 11 heteroatoms. The molecule has 9 nitrogen and oxygen atoms in total. The molecule has 0 spiro atoms. The fourth-order valence-corrected chi connectivity index (χ4v) is 4.95. The number of esters is 1. The van der Waals surface area contributed by atoms with E-state index >= 15 is 0 Å². The largest absolute Gasteiger partial charge is 0.449 e. The Morgan fingerprint density at radius 1 is 1.00 bits per heavy atom. The van der Waals surface area contributed by atoms with Crippen molar-refractivity contribution < 1.29 is 27.5 Å². The van der Waals surface area contributed by atoms with Crippen LogP contribution in [0.5, 0.6) is 0 Å². The minimum atomic E-state index is -4.08. The summed E-state index contributed by atoms with van der Waals surface area (Å²) < 4.78 is 33.2. The highest BCUT2D eigenvalue weighted by Gasteiger charge is 2.26. The van der Waals surface area contributed by atoms with Gasteiger partial charge in [0, 0.05) is 23.3 Å². The molecule has 38 heavy (non-hydrogen) atoms. The Morgan fingerprint density at radius 3 is 2.18 bits per heavy atom. The molecule has 198 valence electrons. The molecule has 0 saturated heterocycles. The van der Waals surface area contributed by atoms with Gasteiger partial charge in [-0.05, 0) is 73.7 Å². The normalized spacial score (nSPS) is 11.7. The third-order valence-electron chi connectivity index (χ3n) is 5.19. The van der Waals surface area contributed by atoms with Crippen LogP contribution >= 0.6 is 11.6 Å². The van der Waals surface area contributed by atoms with Gasteiger partial charge >= 0.3 is 5.97 Å². The summed E-state index contributed by atoms with van der Waals surface area (Å²) in [5.74, 6) is -1.68. The zero-order chi connectivity index (χ0) is 27.9. The number of nitrogens with one attached hydrogen (secondary N) is 2. The maximum absolute atomic E-state index is 13.4. The number of carbonyl (C=O) groups is 3. The number of ether oxygens (including phenoxy) is 1. The molecule has 1 unspecified atom stereocenters. The molecule has 0 aliphatic carbocycles. The average Bonchev–Trinajstić information content (AvgIpc) is 2.88. The highest BCUT2D eigenvalue weighted by molar-refractivity contribution is 7.92. The molecule has 0 radical (unpaired) electrons. The summed E-state index contributed by atoms with van der Waals surface area (Å²) in [4.78, 5) is 36.3. The van der Waals surface area contributed by atoms with Gasteiger partial charge in [-0.25, -0.2) is 13.2 Å². The molecule has 0 aliphatic heterocycles. The molecule has 0 bridgehead atoms. The van der Waals surface area contributed by atoms with Crippen LogP contribution in [0.3, 0.4) is 0 Å². The van der Waals surface area contributed by atoms with E-state index < -0.39 is 28.0 Å². The van der Waals surface area contributed by atoms with Crippen molar-refractivity contribution in [3.8, 4) is 0 Å². The number of carbonyl (C=O) groups excluding carboxylic acids is 3. The smallest absolute Gasteiger partial charge is 0.338 e. The van der Waals surface area contributed by atoms with Gasteiger partial charge in [0.25, 0.3) is 15.9 Å². The summed E-state index contributed by atoms with van der Waals surface area (Å²) in [5.41, 5.74) is 1.33. The van der Waals surface area contributed by atoms with Gasteiger partial charge in [-0.1, -0.05) is 23.7 Å². The van der Waals surface area contributed by atoms with E-state index in [9.17, 15) is 22.8 Å². The second-order valence-electron chi connectivity index (χ2n) is 8.12. The first-order chi connectivity index (χ1) is 18.0. The molecule has 2 N–H and O–H groups in total. The number of rotatable bonds is 10. The van der Waals surface area contributed by atoms with E-state index in [1.165, 1.54) is 44.2 Å². The Bertz CT molecular complexity index is 1440. The molecular formula is C27H26ClN3O6S. The lowest BCUT2D eigenvalue weighted by molar-refractivity contribution is -0.123. The molecular weight excluding hydrogens is 530 g/mol. The predicted octanol–water partition coefficient (Wildman–Crippen LogP) is 4.86.